The number of rotatable bonds is 7. The second kappa shape index (κ2) is 7.72. The van der Waals surface area contributed by atoms with Crippen LogP contribution in [0, 0.1) is 20.8 Å². The van der Waals surface area contributed by atoms with E-state index in [4.69, 9.17) is 0 Å². The molecule has 0 aromatic carbocycles. The molecule has 2 rings (SSSR count). The summed E-state index contributed by atoms with van der Waals surface area (Å²) >= 11 is 0. The molecule has 0 saturated heterocycles. The van der Waals surface area contributed by atoms with E-state index in [0.29, 0.717) is 24.3 Å². The first-order chi connectivity index (χ1) is 11.4. The number of aryl methyl sites for hydroxylation is 2. The molecule has 0 aliphatic heterocycles. The average Bonchev–Trinajstić information content (AvgIpc) is 2.79. The lowest BCUT2D eigenvalue weighted by Crippen LogP contribution is -2.32. The number of nitrogens with zero attached hydrogens (tertiary/aromatic N) is 3. The van der Waals surface area contributed by atoms with Crippen LogP contribution in [-0.2, 0) is 11.3 Å². The molecule has 128 valence electrons. The fraction of sp³-hybridized carbons (Fsp3) is 0.412. The molecule has 0 fully saturated rings. The first kappa shape index (κ1) is 17.7. The maximum Gasteiger partial charge on any atom is 0.241 e. The number of carbonyl (C=O) groups excluding carboxylic acids is 2. The van der Waals surface area contributed by atoms with Crippen molar-refractivity contribution in [3.63, 3.8) is 0 Å². The molecule has 2 N–H and O–H groups in total. The van der Waals surface area contributed by atoms with Crippen LogP contribution in [0.2, 0.25) is 0 Å². The van der Waals surface area contributed by atoms with Crippen molar-refractivity contribution in [3.05, 3.63) is 40.8 Å². The molecule has 2 heterocycles. The zero-order valence-corrected chi connectivity index (χ0v) is 14.5. The fourth-order valence-electron chi connectivity index (χ4n) is 2.61. The van der Waals surface area contributed by atoms with Crippen LogP contribution in [0.1, 0.15) is 34.2 Å². The van der Waals surface area contributed by atoms with Crippen LogP contribution in [0.4, 0.5) is 5.82 Å². The highest BCUT2D eigenvalue weighted by molar-refractivity contribution is 5.96. The van der Waals surface area contributed by atoms with Gasteiger partial charge in [0.15, 0.2) is 5.78 Å². The maximum atomic E-state index is 12.0. The third-order valence-electron chi connectivity index (χ3n) is 3.78. The molecule has 7 heteroatoms. The van der Waals surface area contributed by atoms with Gasteiger partial charge >= 0.3 is 0 Å². The van der Waals surface area contributed by atoms with Crippen molar-refractivity contribution in [2.75, 3.05) is 18.4 Å². The van der Waals surface area contributed by atoms with E-state index in [-0.39, 0.29) is 18.2 Å². The van der Waals surface area contributed by atoms with E-state index in [1.54, 1.807) is 24.7 Å². The quantitative estimate of drug-likeness (QED) is 0.595. The number of pyridine rings is 1. The minimum Gasteiger partial charge on any atom is -0.368 e. The van der Waals surface area contributed by atoms with E-state index >= 15 is 0 Å². The number of aromatic nitrogens is 3. The second-order valence-corrected chi connectivity index (χ2v) is 5.71. The Balaban J connectivity index is 1.83. The molecule has 0 aliphatic carbocycles. The number of nitrogens with one attached hydrogen (secondary N) is 2. The third-order valence-corrected chi connectivity index (χ3v) is 3.78. The zero-order valence-electron chi connectivity index (χ0n) is 14.5. The van der Waals surface area contributed by atoms with Crippen LogP contribution < -0.4 is 10.6 Å². The molecule has 0 aliphatic rings. The summed E-state index contributed by atoms with van der Waals surface area (Å²) in [5, 5.41) is 10.3. The van der Waals surface area contributed by atoms with Gasteiger partial charge in [0.05, 0.1) is 11.3 Å². The molecule has 24 heavy (non-hydrogen) atoms. The minimum atomic E-state index is -0.143. The Kier molecular flexibility index (Phi) is 5.68. The van der Waals surface area contributed by atoms with Gasteiger partial charge in [0, 0.05) is 25.0 Å². The summed E-state index contributed by atoms with van der Waals surface area (Å²) in [7, 11) is 0. The van der Waals surface area contributed by atoms with Gasteiger partial charge in [-0.25, -0.2) is 4.98 Å². The number of Topliss-reactive ketones (excluding diaryl/α,β-unsaturated/α-hetero) is 1. The zero-order chi connectivity index (χ0) is 17.7. The SMILES string of the molecule is CC(=O)c1c(C)nn(CC(=O)NCCNc2ncccc2C)c1C. The van der Waals surface area contributed by atoms with Gasteiger partial charge in [-0.1, -0.05) is 6.07 Å². The predicted octanol–water partition coefficient (Wildman–Crippen LogP) is 1.63. The van der Waals surface area contributed by atoms with E-state index in [1.807, 2.05) is 19.1 Å². The van der Waals surface area contributed by atoms with Gasteiger partial charge in [0.1, 0.15) is 12.4 Å². The lowest BCUT2D eigenvalue weighted by atomic mass is 10.1. The summed E-state index contributed by atoms with van der Waals surface area (Å²) in [5.74, 6) is 0.637. The Morgan fingerprint density at radius 3 is 2.58 bits per heavy atom. The number of carbonyl (C=O) groups is 2. The smallest absolute Gasteiger partial charge is 0.241 e. The molecular formula is C17H23N5O2. The van der Waals surface area contributed by atoms with E-state index in [2.05, 4.69) is 20.7 Å². The molecule has 7 nitrogen and oxygen atoms in total. The second-order valence-electron chi connectivity index (χ2n) is 5.71. The average molecular weight is 329 g/mol. The van der Waals surface area contributed by atoms with Crippen LogP contribution in [-0.4, -0.2) is 39.5 Å². The number of anilines is 1. The number of ketones is 1. The summed E-state index contributed by atoms with van der Waals surface area (Å²) in [4.78, 5) is 27.9. The first-order valence-electron chi connectivity index (χ1n) is 7.87. The largest absolute Gasteiger partial charge is 0.368 e. The molecule has 0 saturated carbocycles. The molecule has 0 spiro atoms. The maximum absolute atomic E-state index is 12.0. The van der Waals surface area contributed by atoms with Gasteiger partial charge in [-0.15, -0.1) is 0 Å². The van der Waals surface area contributed by atoms with Crippen LogP contribution in [0.15, 0.2) is 18.3 Å². The summed E-state index contributed by atoms with van der Waals surface area (Å²) in [6.07, 6.45) is 1.73. The van der Waals surface area contributed by atoms with Crippen LogP contribution >= 0.6 is 0 Å². The fourth-order valence-corrected chi connectivity index (χ4v) is 2.61. The van der Waals surface area contributed by atoms with Gasteiger partial charge < -0.3 is 10.6 Å². The summed E-state index contributed by atoms with van der Waals surface area (Å²) < 4.78 is 1.57. The predicted molar refractivity (Wildman–Crippen MR) is 92.2 cm³/mol. The summed E-state index contributed by atoms with van der Waals surface area (Å²) in [6.45, 7) is 8.22. The Bertz CT molecular complexity index is 751. The number of hydrogen-bond acceptors (Lipinski definition) is 5. The van der Waals surface area contributed by atoms with Crippen molar-refractivity contribution < 1.29 is 9.59 Å². The Morgan fingerprint density at radius 1 is 1.21 bits per heavy atom. The monoisotopic (exact) mass is 329 g/mol. The first-order valence-corrected chi connectivity index (χ1v) is 7.87. The Hall–Kier alpha value is -2.70. The van der Waals surface area contributed by atoms with Crippen molar-refractivity contribution in [1.29, 1.82) is 0 Å². The van der Waals surface area contributed by atoms with Crippen LogP contribution in [0.25, 0.3) is 0 Å². The Labute approximate surface area is 141 Å². The third kappa shape index (κ3) is 4.18. The molecular weight excluding hydrogens is 306 g/mol. The van der Waals surface area contributed by atoms with Crippen LogP contribution in [0.3, 0.4) is 0 Å². The molecule has 0 bridgehead atoms. The topological polar surface area (TPSA) is 88.9 Å². The van der Waals surface area contributed by atoms with Crippen molar-refractivity contribution in [2.24, 2.45) is 0 Å². The normalized spacial score (nSPS) is 10.5. The highest BCUT2D eigenvalue weighted by atomic mass is 16.2. The minimum absolute atomic E-state index is 0.0356. The van der Waals surface area contributed by atoms with Gasteiger partial charge in [0.25, 0.3) is 0 Å². The number of amides is 1. The van der Waals surface area contributed by atoms with Gasteiger partial charge in [-0.3, -0.25) is 14.3 Å². The molecule has 1 amide bonds. The summed E-state index contributed by atoms with van der Waals surface area (Å²) in [5.41, 5.74) is 3.02. The summed E-state index contributed by atoms with van der Waals surface area (Å²) in [6, 6.07) is 3.86. The molecule has 2 aromatic heterocycles. The molecule has 0 radical (unpaired) electrons. The molecule has 0 unspecified atom stereocenters. The van der Waals surface area contributed by atoms with Crippen molar-refractivity contribution >= 4 is 17.5 Å². The molecule has 2 aromatic rings. The van der Waals surface area contributed by atoms with Gasteiger partial charge in [0.2, 0.25) is 5.91 Å². The number of hydrogen-bond donors (Lipinski definition) is 2. The highest BCUT2D eigenvalue weighted by Crippen LogP contribution is 2.13. The van der Waals surface area contributed by atoms with Crippen molar-refractivity contribution in [3.8, 4) is 0 Å². The lowest BCUT2D eigenvalue weighted by molar-refractivity contribution is -0.121. The standard InChI is InChI=1S/C17H23N5O2/c1-11-6-5-7-19-17(11)20-9-8-18-15(24)10-22-13(3)16(14(4)23)12(2)21-22/h5-7H,8-10H2,1-4H3,(H,18,24)(H,19,20). The highest BCUT2D eigenvalue weighted by Gasteiger charge is 2.16. The van der Waals surface area contributed by atoms with E-state index in [9.17, 15) is 9.59 Å². The van der Waals surface area contributed by atoms with E-state index in [1.165, 1.54) is 6.92 Å². The van der Waals surface area contributed by atoms with E-state index in [0.717, 1.165) is 17.1 Å². The molecule has 0 atom stereocenters. The van der Waals surface area contributed by atoms with Crippen LogP contribution in [0.5, 0.6) is 0 Å². The van der Waals surface area contributed by atoms with E-state index < -0.39 is 0 Å². The van der Waals surface area contributed by atoms with Gasteiger partial charge in [-0.2, -0.15) is 5.10 Å². The van der Waals surface area contributed by atoms with Gasteiger partial charge in [-0.05, 0) is 39.3 Å². The van der Waals surface area contributed by atoms with Crippen molar-refractivity contribution in [2.45, 2.75) is 34.2 Å². The Morgan fingerprint density at radius 2 is 1.96 bits per heavy atom. The van der Waals surface area contributed by atoms with Crippen molar-refractivity contribution in [1.82, 2.24) is 20.1 Å². The lowest BCUT2D eigenvalue weighted by Gasteiger charge is -2.10.